The molecule has 0 saturated heterocycles. The Morgan fingerprint density at radius 3 is 2.61 bits per heavy atom. The number of benzene rings is 1. The van der Waals surface area contributed by atoms with Gasteiger partial charge in [0.15, 0.2) is 0 Å². The van der Waals surface area contributed by atoms with Gasteiger partial charge in [-0.3, -0.25) is 4.68 Å². The summed E-state index contributed by atoms with van der Waals surface area (Å²) in [7, 11) is 1.63. The van der Waals surface area contributed by atoms with E-state index in [0.29, 0.717) is 6.42 Å². The van der Waals surface area contributed by atoms with E-state index in [1.54, 1.807) is 13.3 Å². The van der Waals surface area contributed by atoms with Crippen LogP contribution in [0.3, 0.4) is 0 Å². The summed E-state index contributed by atoms with van der Waals surface area (Å²) >= 11 is 0. The molecule has 0 aliphatic heterocycles. The van der Waals surface area contributed by atoms with E-state index in [1.165, 1.54) is 0 Å². The summed E-state index contributed by atoms with van der Waals surface area (Å²) < 4.78 is 6.95. The normalized spacial score (nSPS) is 12.4. The van der Waals surface area contributed by atoms with E-state index in [0.717, 1.165) is 23.4 Å². The summed E-state index contributed by atoms with van der Waals surface area (Å²) in [4.78, 5) is 0. The number of aromatic nitrogens is 2. The molecule has 1 aromatic heterocycles. The van der Waals surface area contributed by atoms with Crippen molar-refractivity contribution >= 4 is 0 Å². The average molecular weight is 246 g/mol. The van der Waals surface area contributed by atoms with Crippen molar-refractivity contribution < 1.29 is 9.84 Å². The average Bonchev–Trinajstić information content (AvgIpc) is 2.86. The highest BCUT2D eigenvalue weighted by atomic mass is 16.5. The Morgan fingerprint density at radius 1 is 1.33 bits per heavy atom. The molecule has 1 heterocycles. The highest BCUT2D eigenvalue weighted by Gasteiger charge is 2.10. The van der Waals surface area contributed by atoms with Gasteiger partial charge >= 0.3 is 0 Å². The van der Waals surface area contributed by atoms with Gasteiger partial charge in [-0.1, -0.05) is 12.1 Å². The van der Waals surface area contributed by atoms with Crippen LogP contribution >= 0.6 is 0 Å². The van der Waals surface area contributed by atoms with E-state index in [1.807, 2.05) is 42.1 Å². The topological polar surface area (TPSA) is 47.3 Å². The minimum Gasteiger partial charge on any atom is -0.497 e. The van der Waals surface area contributed by atoms with Gasteiger partial charge in [0.25, 0.3) is 0 Å². The van der Waals surface area contributed by atoms with Gasteiger partial charge in [-0.05, 0) is 30.2 Å². The Balaban J connectivity index is 2.03. The van der Waals surface area contributed by atoms with Crippen molar-refractivity contribution in [1.82, 2.24) is 9.78 Å². The summed E-state index contributed by atoms with van der Waals surface area (Å²) in [5, 5.41) is 14.3. The second-order valence-corrected chi connectivity index (χ2v) is 4.20. The Kier molecular flexibility index (Phi) is 3.99. The van der Waals surface area contributed by atoms with E-state index in [9.17, 15) is 5.11 Å². The minimum absolute atomic E-state index is 0.509. The van der Waals surface area contributed by atoms with Crippen LogP contribution in [0.15, 0.2) is 36.7 Å². The lowest BCUT2D eigenvalue weighted by Crippen LogP contribution is -2.01. The number of nitrogens with zero attached hydrogens (tertiary/aromatic N) is 2. The molecule has 0 aliphatic carbocycles. The van der Waals surface area contributed by atoms with Crippen LogP contribution in [0.2, 0.25) is 0 Å². The molecule has 1 N–H and O–H groups in total. The number of ether oxygens (including phenoxy) is 1. The van der Waals surface area contributed by atoms with Crippen LogP contribution in [-0.4, -0.2) is 22.0 Å². The third-order valence-electron chi connectivity index (χ3n) is 2.94. The van der Waals surface area contributed by atoms with Crippen LogP contribution in [0, 0.1) is 0 Å². The molecule has 1 unspecified atom stereocenters. The third-order valence-corrected chi connectivity index (χ3v) is 2.94. The maximum Gasteiger partial charge on any atom is 0.118 e. The Bertz CT molecular complexity index is 491. The van der Waals surface area contributed by atoms with Gasteiger partial charge in [0.2, 0.25) is 0 Å². The lowest BCUT2D eigenvalue weighted by atomic mass is 10.0. The highest BCUT2D eigenvalue weighted by Crippen LogP contribution is 2.20. The smallest absolute Gasteiger partial charge is 0.118 e. The summed E-state index contributed by atoms with van der Waals surface area (Å²) in [5.74, 6) is 0.796. The molecule has 2 aromatic rings. The summed E-state index contributed by atoms with van der Waals surface area (Å²) in [6.45, 7) is 2.88. The van der Waals surface area contributed by atoms with Gasteiger partial charge in [0, 0.05) is 19.2 Å². The fourth-order valence-electron chi connectivity index (χ4n) is 1.85. The van der Waals surface area contributed by atoms with Crippen molar-refractivity contribution in [1.29, 1.82) is 0 Å². The van der Waals surface area contributed by atoms with Crippen molar-refractivity contribution in [2.75, 3.05) is 7.11 Å². The number of aryl methyl sites for hydroxylation is 1. The van der Waals surface area contributed by atoms with E-state index < -0.39 is 6.10 Å². The van der Waals surface area contributed by atoms with Crippen molar-refractivity contribution in [2.24, 2.45) is 0 Å². The minimum atomic E-state index is -0.509. The summed E-state index contributed by atoms with van der Waals surface area (Å²) in [6.07, 6.45) is 3.83. The Hall–Kier alpha value is -1.81. The zero-order chi connectivity index (χ0) is 13.0. The molecule has 1 atom stereocenters. The molecule has 0 aliphatic rings. The molecule has 96 valence electrons. The standard InChI is InChI=1S/C14H18N2O2/c1-3-16-10-11(9-15-16)8-14(17)12-4-6-13(18-2)7-5-12/h4-7,9-10,14,17H,3,8H2,1-2H3. The number of aliphatic hydroxyl groups is 1. The molecular weight excluding hydrogens is 228 g/mol. The number of aliphatic hydroxyl groups excluding tert-OH is 1. The molecule has 0 radical (unpaired) electrons. The van der Waals surface area contributed by atoms with Crippen molar-refractivity contribution in [3.8, 4) is 5.75 Å². The first-order chi connectivity index (χ1) is 8.72. The first-order valence-electron chi connectivity index (χ1n) is 6.06. The molecule has 2 rings (SSSR count). The number of hydrogen-bond acceptors (Lipinski definition) is 3. The molecule has 0 bridgehead atoms. The lowest BCUT2D eigenvalue weighted by Gasteiger charge is -2.10. The molecule has 0 saturated carbocycles. The van der Waals surface area contributed by atoms with E-state index in [-0.39, 0.29) is 0 Å². The first-order valence-corrected chi connectivity index (χ1v) is 6.06. The molecule has 18 heavy (non-hydrogen) atoms. The summed E-state index contributed by atoms with van der Waals surface area (Å²) in [5.41, 5.74) is 1.93. The molecule has 1 aromatic carbocycles. The van der Waals surface area contributed by atoms with Gasteiger partial charge in [0.05, 0.1) is 19.4 Å². The van der Waals surface area contributed by atoms with Gasteiger partial charge in [-0.2, -0.15) is 5.10 Å². The largest absolute Gasteiger partial charge is 0.497 e. The zero-order valence-electron chi connectivity index (χ0n) is 10.7. The monoisotopic (exact) mass is 246 g/mol. The van der Waals surface area contributed by atoms with Gasteiger partial charge in [-0.15, -0.1) is 0 Å². The maximum atomic E-state index is 10.1. The van der Waals surface area contributed by atoms with Gasteiger partial charge in [-0.25, -0.2) is 0 Å². The summed E-state index contributed by atoms with van der Waals surface area (Å²) in [6, 6.07) is 7.48. The Morgan fingerprint density at radius 2 is 2.06 bits per heavy atom. The molecular formula is C14H18N2O2. The first kappa shape index (κ1) is 12.6. The molecule has 4 heteroatoms. The quantitative estimate of drug-likeness (QED) is 0.879. The van der Waals surface area contributed by atoms with E-state index in [2.05, 4.69) is 5.10 Å². The number of methoxy groups -OCH3 is 1. The van der Waals surface area contributed by atoms with Crippen LogP contribution in [-0.2, 0) is 13.0 Å². The number of rotatable bonds is 5. The fraction of sp³-hybridized carbons (Fsp3) is 0.357. The van der Waals surface area contributed by atoms with E-state index >= 15 is 0 Å². The van der Waals surface area contributed by atoms with Gasteiger partial charge in [0.1, 0.15) is 5.75 Å². The second kappa shape index (κ2) is 5.69. The van der Waals surface area contributed by atoms with Crippen LogP contribution < -0.4 is 4.74 Å². The third kappa shape index (κ3) is 2.90. The van der Waals surface area contributed by atoms with Crippen molar-refractivity contribution in [3.63, 3.8) is 0 Å². The fourth-order valence-corrected chi connectivity index (χ4v) is 1.85. The second-order valence-electron chi connectivity index (χ2n) is 4.20. The molecule has 0 spiro atoms. The molecule has 0 amide bonds. The van der Waals surface area contributed by atoms with Crippen LogP contribution in [0.4, 0.5) is 0 Å². The van der Waals surface area contributed by atoms with Crippen molar-refractivity contribution in [2.45, 2.75) is 26.0 Å². The lowest BCUT2D eigenvalue weighted by molar-refractivity contribution is 0.178. The highest BCUT2D eigenvalue weighted by molar-refractivity contribution is 5.29. The Labute approximate surface area is 107 Å². The number of hydrogen-bond donors (Lipinski definition) is 1. The predicted molar refractivity (Wildman–Crippen MR) is 69.6 cm³/mol. The van der Waals surface area contributed by atoms with Crippen LogP contribution in [0.1, 0.15) is 24.2 Å². The zero-order valence-corrected chi connectivity index (χ0v) is 10.7. The SMILES string of the molecule is CCn1cc(CC(O)c2ccc(OC)cc2)cn1. The van der Waals surface area contributed by atoms with Gasteiger partial charge < -0.3 is 9.84 Å². The predicted octanol–water partition coefficient (Wildman–Crippen LogP) is 2.19. The van der Waals surface area contributed by atoms with E-state index in [4.69, 9.17) is 4.74 Å². The van der Waals surface area contributed by atoms with Crippen molar-refractivity contribution in [3.05, 3.63) is 47.8 Å². The van der Waals surface area contributed by atoms with Crippen LogP contribution in [0.25, 0.3) is 0 Å². The van der Waals surface area contributed by atoms with Crippen LogP contribution in [0.5, 0.6) is 5.75 Å². The molecule has 4 nitrogen and oxygen atoms in total. The maximum absolute atomic E-state index is 10.1. The molecule has 0 fully saturated rings.